The molecule has 0 bridgehead atoms. The molecule has 6 rings (SSSR count). The monoisotopic (exact) mass is 793 g/mol. The van der Waals surface area contributed by atoms with Crippen LogP contribution in [0.25, 0.3) is 0 Å². The second-order valence-electron chi connectivity index (χ2n) is 21.0. The number of carbonyl (C=O) groups is 4. The van der Waals surface area contributed by atoms with E-state index < -0.39 is 28.9 Å². The smallest absolute Gasteiger partial charge is 0.309 e. The lowest BCUT2D eigenvalue weighted by molar-refractivity contribution is -0.235. The number of benzene rings is 1. The lowest BCUT2D eigenvalue weighted by atomic mass is 9.33. The number of carboxylic acid groups (broad SMARTS) is 1. The minimum atomic E-state index is -1.18. The number of aliphatic carboxylic acids is 1. The molecule has 0 aliphatic heterocycles. The summed E-state index contributed by atoms with van der Waals surface area (Å²) in [5.74, 6) is -0.421. The van der Waals surface area contributed by atoms with Gasteiger partial charge >= 0.3 is 17.9 Å². The van der Waals surface area contributed by atoms with Gasteiger partial charge < -0.3 is 14.6 Å². The minimum Gasteiger partial charge on any atom is -0.481 e. The predicted molar refractivity (Wildman–Crippen MR) is 219 cm³/mol. The summed E-state index contributed by atoms with van der Waals surface area (Å²) in [6.07, 6.45) is 7.18. The number of carboxylic acids is 1. The number of allylic oxidation sites excluding steroid dienone is 1. The fourth-order valence-corrected chi connectivity index (χ4v) is 13.8. The SMILES string of the molecule is CC(=O)O[C@@H](CN(C)Cc1ccc(Cl)cc1)[C@@]12CC[C@]3(C)[C@H](CC[C@@H]4[C@@]5(C)CC[C@H](OC(=O)CC(C)(C)C(=O)O)C(C)(C)[C@@H]5CC[C@]43C)C1=C(C(C)C)C(=O)C2. The highest BCUT2D eigenvalue weighted by atomic mass is 35.5. The van der Waals surface area contributed by atoms with Gasteiger partial charge in [-0.2, -0.15) is 0 Å². The molecule has 8 nitrogen and oxygen atoms in total. The molecule has 0 unspecified atom stereocenters. The maximum Gasteiger partial charge on any atom is 0.309 e. The molecule has 5 aliphatic carbocycles. The molecule has 0 spiro atoms. The molecule has 4 fully saturated rings. The molecule has 0 saturated heterocycles. The largest absolute Gasteiger partial charge is 0.481 e. The Kier molecular flexibility index (Phi) is 11.4. The quantitative estimate of drug-likeness (QED) is 0.221. The highest BCUT2D eigenvalue weighted by Crippen LogP contribution is 2.77. The normalized spacial score (nSPS) is 35.6. The molecular formula is C47H68ClNO7. The van der Waals surface area contributed by atoms with Crippen molar-refractivity contribution in [2.75, 3.05) is 13.6 Å². The number of nitrogens with zero attached hydrogens (tertiary/aromatic N) is 1. The van der Waals surface area contributed by atoms with Gasteiger partial charge in [0.15, 0.2) is 5.78 Å². The molecule has 1 aromatic rings. The first-order valence-corrected chi connectivity index (χ1v) is 21.6. The highest BCUT2D eigenvalue weighted by molar-refractivity contribution is 6.30. The Balaban J connectivity index is 1.31. The third kappa shape index (κ3) is 6.98. The fourth-order valence-electron chi connectivity index (χ4n) is 13.7. The topological polar surface area (TPSA) is 110 Å². The second-order valence-corrected chi connectivity index (χ2v) is 21.4. The van der Waals surface area contributed by atoms with Gasteiger partial charge in [0.25, 0.3) is 0 Å². The van der Waals surface area contributed by atoms with E-state index in [0.717, 1.165) is 62.5 Å². The summed E-state index contributed by atoms with van der Waals surface area (Å²) in [5.41, 5.74) is 1.42. The van der Waals surface area contributed by atoms with Gasteiger partial charge in [0.05, 0.1) is 11.8 Å². The van der Waals surface area contributed by atoms with Crippen molar-refractivity contribution in [3.05, 3.63) is 46.0 Å². The van der Waals surface area contributed by atoms with Gasteiger partial charge in [-0.3, -0.25) is 24.1 Å². The molecule has 0 amide bonds. The van der Waals surface area contributed by atoms with Gasteiger partial charge in [0.1, 0.15) is 12.2 Å². The third-order valence-corrected chi connectivity index (χ3v) is 16.9. The van der Waals surface area contributed by atoms with Crippen LogP contribution in [0.5, 0.6) is 0 Å². The number of likely N-dealkylation sites (N-methyl/N-ethyl adjacent to an activating group) is 1. The Morgan fingerprint density at radius 3 is 2.20 bits per heavy atom. The molecule has 0 aromatic heterocycles. The Labute approximate surface area is 340 Å². The van der Waals surface area contributed by atoms with Crippen LogP contribution in [-0.2, 0) is 35.2 Å². The zero-order chi connectivity index (χ0) is 41.4. The Hall–Kier alpha value is -2.71. The van der Waals surface area contributed by atoms with Crippen LogP contribution in [0.15, 0.2) is 35.4 Å². The Morgan fingerprint density at radius 1 is 0.929 bits per heavy atom. The van der Waals surface area contributed by atoms with Crippen LogP contribution in [0.3, 0.4) is 0 Å². The van der Waals surface area contributed by atoms with Crippen molar-refractivity contribution < 1.29 is 33.8 Å². The van der Waals surface area contributed by atoms with Crippen molar-refractivity contribution in [1.29, 1.82) is 0 Å². The zero-order valence-corrected chi connectivity index (χ0v) is 36.7. The van der Waals surface area contributed by atoms with E-state index >= 15 is 0 Å². The predicted octanol–water partition coefficient (Wildman–Crippen LogP) is 10.1. The summed E-state index contributed by atoms with van der Waals surface area (Å²) in [7, 11) is 2.07. The van der Waals surface area contributed by atoms with Gasteiger partial charge in [0, 0.05) is 42.3 Å². The van der Waals surface area contributed by atoms with Crippen LogP contribution in [0.1, 0.15) is 139 Å². The zero-order valence-electron chi connectivity index (χ0n) is 36.0. The van der Waals surface area contributed by atoms with E-state index in [9.17, 15) is 24.3 Å². The van der Waals surface area contributed by atoms with Crippen LogP contribution in [-0.4, -0.2) is 59.5 Å². The summed E-state index contributed by atoms with van der Waals surface area (Å²) < 4.78 is 12.6. The third-order valence-electron chi connectivity index (χ3n) is 16.6. The van der Waals surface area contributed by atoms with Gasteiger partial charge in [-0.25, -0.2) is 0 Å². The maximum atomic E-state index is 14.4. The van der Waals surface area contributed by atoms with E-state index in [2.05, 4.69) is 60.4 Å². The summed E-state index contributed by atoms with van der Waals surface area (Å²) in [6, 6.07) is 7.86. The van der Waals surface area contributed by atoms with Gasteiger partial charge in [-0.1, -0.05) is 72.2 Å². The molecule has 1 aromatic carbocycles. The van der Waals surface area contributed by atoms with E-state index in [1.807, 2.05) is 24.3 Å². The van der Waals surface area contributed by atoms with Crippen LogP contribution in [0.2, 0.25) is 5.02 Å². The van der Waals surface area contributed by atoms with E-state index in [0.29, 0.717) is 36.4 Å². The maximum absolute atomic E-state index is 14.4. The van der Waals surface area contributed by atoms with E-state index in [1.165, 1.54) is 12.5 Å². The number of halogens is 1. The van der Waals surface area contributed by atoms with Gasteiger partial charge in [-0.15, -0.1) is 0 Å². The first kappa shape index (κ1) is 42.9. The van der Waals surface area contributed by atoms with Crippen molar-refractivity contribution in [3.63, 3.8) is 0 Å². The average Bonchev–Trinajstić information content (AvgIpc) is 3.40. The first-order valence-electron chi connectivity index (χ1n) is 21.2. The number of rotatable bonds is 11. The molecule has 0 heterocycles. The van der Waals surface area contributed by atoms with Crippen LogP contribution < -0.4 is 0 Å². The van der Waals surface area contributed by atoms with Gasteiger partial charge in [-0.05, 0) is 141 Å². The number of carbonyl (C=O) groups excluding carboxylic acids is 3. The van der Waals surface area contributed by atoms with Gasteiger partial charge in [0.2, 0.25) is 0 Å². The van der Waals surface area contributed by atoms with Crippen LogP contribution >= 0.6 is 11.6 Å². The Bertz CT molecular complexity index is 1760. The Morgan fingerprint density at radius 2 is 1.59 bits per heavy atom. The number of esters is 2. The first-order chi connectivity index (χ1) is 25.9. The van der Waals surface area contributed by atoms with Crippen molar-refractivity contribution >= 4 is 35.3 Å². The minimum absolute atomic E-state index is 0.0153. The molecule has 5 aliphatic rings. The molecule has 0 radical (unpaired) electrons. The van der Waals surface area contributed by atoms with Crippen molar-refractivity contribution in [3.8, 4) is 0 Å². The lowest BCUT2D eigenvalue weighted by Crippen LogP contribution is -2.66. The molecule has 9 atom stereocenters. The van der Waals surface area contributed by atoms with Crippen molar-refractivity contribution in [2.24, 2.45) is 56.2 Å². The molecule has 56 heavy (non-hydrogen) atoms. The second kappa shape index (κ2) is 14.8. The van der Waals surface area contributed by atoms with E-state index in [4.69, 9.17) is 21.1 Å². The van der Waals surface area contributed by atoms with Crippen LogP contribution in [0.4, 0.5) is 0 Å². The standard InChI is InChI=1S/C47H68ClNO7/c1-28(2)39-33(51)24-47(37(55-29(3)50)27-49(11)26-30-12-14-31(48)15-13-30)23-22-45(9)32(40(39)47)16-17-35-44(8)20-19-36(56-38(52)25-42(4,5)41(53)54)43(6,7)34(44)18-21-46(35,45)10/h12-15,28,32,34-37H,16-27H2,1-11H3,(H,53,54)/t32-,34+,35-,36+,37+,44+,45-,46-,47+/m1/s1. The molecular weight excluding hydrogens is 726 g/mol. The number of hydrogen-bond donors (Lipinski definition) is 1. The molecule has 310 valence electrons. The number of fused-ring (bicyclic) bond motifs is 7. The summed E-state index contributed by atoms with van der Waals surface area (Å²) in [5, 5.41) is 10.3. The highest BCUT2D eigenvalue weighted by Gasteiger charge is 2.71. The molecule has 4 saturated carbocycles. The summed E-state index contributed by atoms with van der Waals surface area (Å²) >= 11 is 6.19. The average molecular weight is 795 g/mol. The number of hydrogen-bond acceptors (Lipinski definition) is 7. The fraction of sp³-hybridized carbons (Fsp3) is 0.745. The number of Topliss-reactive ketones (excluding diaryl/α,β-unsaturated/α-hetero) is 1. The summed E-state index contributed by atoms with van der Waals surface area (Å²) in [6.45, 7) is 22.3. The van der Waals surface area contributed by atoms with Crippen molar-refractivity contribution in [2.45, 2.75) is 152 Å². The van der Waals surface area contributed by atoms with E-state index in [1.54, 1.807) is 13.8 Å². The summed E-state index contributed by atoms with van der Waals surface area (Å²) in [4.78, 5) is 54.5. The lowest BCUT2D eigenvalue weighted by Gasteiger charge is -2.72. The van der Waals surface area contributed by atoms with E-state index in [-0.39, 0.29) is 57.8 Å². The number of ether oxygens (including phenoxy) is 2. The number of ketones is 1. The van der Waals surface area contributed by atoms with Crippen molar-refractivity contribution in [1.82, 2.24) is 4.90 Å². The van der Waals surface area contributed by atoms with Crippen LogP contribution in [0, 0.1) is 56.2 Å². The molecule has 9 heteroatoms. The molecule has 1 N–H and O–H groups in total.